The normalized spacial score (nSPS) is 18.8. The zero-order chi connectivity index (χ0) is 17.2. The fourth-order valence-corrected chi connectivity index (χ4v) is 3.46. The van der Waals surface area contributed by atoms with Gasteiger partial charge in [0.05, 0.1) is 0 Å². The quantitative estimate of drug-likeness (QED) is 0.755. The predicted octanol–water partition coefficient (Wildman–Crippen LogP) is 4.32. The first-order valence-electron chi connectivity index (χ1n) is 8.29. The minimum Gasteiger partial charge on any atom is -0.339 e. The lowest BCUT2D eigenvalue weighted by Gasteiger charge is -2.32. The summed E-state index contributed by atoms with van der Waals surface area (Å²) in [6, 6.07) is 6.15. The summed E-state index contributed by atoms with van der Waals surface area (Å²) in [6.07, 6.45) is 4.51. The number of alkyl halides is 3. The number of nitrogens with zero attached hydrogens (tertiary/aromatic N) is 1. The molecule has 0 spiro atoms. The third kappa shape index (κ3) is 6.38. The topological polar surface area (TPSA) is 32.3 Å². The van der Waals surface area contributed by atoms with E-state index in [-0.39, 0.29) is 35.0 Å². The molecule has 0 atom stereocenters. The molecule has 1 heterocycles. The predicted molar refractivity (Wildman–Crippen MR) is 95.3 cm³/mol. The second-order valence-electron chi connectivity index (χ2n) is 6.49. The van der Waals surface area contributed by atoms with E-state index in [0.717, 1.165) is 25.3 Å². The number of thioether (sulfide) groups is 1. The molecule has 3 rings (SSSR count). The van der Waals surface area contributed by atoms with Crippen molar-refractivity contribution in [3.63, 3.8) is 0 Å². The van der Waals surface area contributed by atoms with E-state index >= 15 is 0 Å². The van der Waals surface area contributed by atoms with Crippen LogP contribution in [0, 0.1) is 5.92 Å². The molecule has 140 valence electrons. The summed E-state index contributed by atoms with van der Waals surface area (Å²) in [4.78, 5) is 14.3. The average molecular weight is 395 g/mol. The van der Waals surface area contributed by atoms with Crippen molar-refractivity contribution in [2.24, 2.45) is 5.92 Å². The van der Waals surface area contributed by atoms with Crippen molar-refractivity contribution >= 4 is 30.1 Å². The van der Waals surface area contributed by atoms with Crippen molar-refractivity contribution in [2.45, 2.75) is 42.1 Å². The molecular formula is C17H22ClF3N2OS. The van der Waals surface area contributed by atoms with Crippen LogP contribution in [0.1, 0.15) is 36.0 Å². The zero-order valence-corrected chi connectivity index (χ0v) is 15.4. The Kier molecular flexibility index (Phi) is 7.05. The Bertz CT molecular complexity index is 570. The van der Waals surface area contributed by atoms with Gasteiger partial charge in [-0.2, -0.15) is 13.2 Å². The van der Waals surface area contributed by atoms with Crippen LogP contribution >= 0.6 is 24.2 Å². The molecule has 1 amide bonds. The number of rotatable bonds is 5. The number of nitrogens with one attached hydrogen (secondary N) is 1. The van der Waals surface area contributed by atoms with Gasteiger partial charge >= 0.3 is 5.51 Å². The van der Waals surface area contributed by atoms with Gasteiger partial charge in [0.2, 0.25) is 0 Å². The molecular weight excluding hydrogens is 373 g/mol. The molecule has 1 saturated carbocycles. The zero-order valence-electron chi connectivity index (χ0n) is 13.7. The number of halogens is 4. The highest BCUT2D eigenvalue weighted by Gasteiger charge is 2.29. The third-order valence-corrected chi connectivity index (χ3v) is 5.25. The van der Waals surface area contributed by atoms with Crippen molar-refractivity contribution in [1.29, 1.82) is 0 Å². The van der Waals surface area contributed by atoms with E-state index in [1.807, 2.05) is 0 Å². The van der Waals surface area contributed by atoms with Crippen LogP contribution in [0.2, 0.25) is 0 Å². The SMILES string of the molecule is Cl.O=C(c1ccc(SC(F)(F)F)cc1)N1CCC(NCC2CC2)CC1. The van der Waals surface area contributed by atoms with Gasteiger partial charge in [-0.15, -0.1) is 12.4 Å². The molecule has 2 fully saturated rings. The Balaban J connectivity index is 0.00000225. The first kappa shape index (κ1) is 20.4. The van der Waals surface area contributed by atoms with Crippen LogP contribution in [-0.4, -0.2) is 42.0 Å². The largest absolute Gasteiger partial charge is 0.446 e. The second kappa shape index (κ2) is 8.64. The summed E-state index contributed by atoms with van der Waals surface area (Å²) in [5, 5.41) is 3.56. The van der Waals surface area contributed by atoms with Crippen molar-refractivity contribution < 1.29 is 18.0 Å². The lowest BCUT2D eigenvalue weighted by Crippen LogP contribution is -2.45. The molecule has 8 heteroatoms. The summed E-state index contributed by atoms with van der Waals surface area (Å²) in [5.41, 5.74) is -3.85. The molecule has 0 aromatic heterocycles. The molecule has 2 aliphatic rings. The maximum Gasteiger partial charge on any atom is 0.446 e. The fraction of sp³-hybridized carbons (Fsp3) is 0.588. The third-order valence-electron chi connectivity index (χ3n) is 4.51. The molecule has 1 aliphatic carbocycles. The Labute approximate surface area is 156 Å². The van der Waals surface area contributed by atoms with Gasteiger partial charge in [-0.3, -0.25) is 4.79 Å². The van der Waals surface area contributed by atoms with E-state index < -0.39 is 5.51 Å². The fourth-order valence-electron chi connectivity index (χ4n) is 2.92. The van der Waals surface area contributed by atoms with Crippen molar-refractivity contribution in [1.82, 2.24) is 10.2 Å². The van der Waals surface area contributed by atoms with Crippen LogP contribution < -0.4 is 5.32 Å². The van der Waals surface area contributed by atoms with Crippen molar-refractivity contribution in [2.75, 3.05) is 19.6 Å². The maximum absolute atomic E-state index is 12.5. The number of amides is 1. The average Bonchev–Trinajstić information content (AvgIpc) is 3.36. The van der Waals surface area contributed by atoms with Crippen LogP contribution in [0.5, 0.6) is 0 Å². The number of piperidine rings is 1. The number of carbonyl (C=O) groups excluding carboxylic acids is 1. The molecule has 3 nitrogen and oxygen atoms in total. The van der Waals surface area contributed by atoms with Crippen LogP contribution in [0.15, 0.2) is 29.2 Å². The minimum atomic E-state index is -4.30. The van der Waals surface area contributed by atoms with E-state index in [1.165, 1.54) is 37.1 Å². The van der Waals surface area contributed by atoms with E-state index in [4.69, 9.17) is 0 Å². The van der Waals surface area contributed by atoms with E-state index in [0.29, 0.717) is 24.7 Å². The van der Waals surface area contributed by atoms with Crippen LogP contribution in [-0.2, 0) is 0 Å². The number of hydrogen-bond acceptors (Lipinski definition) is 3. The lowest BCUT2D eigenvalue weighted by atomic mass is 10.0. The van der Waals surface area contributed by atoms with Gasteiger partial charge in [0, 0.05) is 29.6 Å². The molecule has 0 unspecified atom stereocenters. The molecule has 1 N–H and O–H groups in total. The summed E-state index contributed by atoms with van der Waals surface area (Å²) in [5.74, 6) is 0.747. The first-order valence-corrected chi connectivity index (χ1v) is 9.11. The maximum atomic E-state index is 12.5. The summed E-state index contributed by atoms with van der Waals surface area (Å²) >= 11 is -0.163. The number of benzene rings is 1. The van der Waals surface area contributed by atoms with Crippen molar-refractivity contribution in [3.8, 4) is 0 Å². The van der Waals surface area contributed by atoms with E-state index in [1.54, 1.807) is 4.90 Å². The van der Waals surface area contributed by atoms with Gasteiger partial charge < -0.3 is 10.2 Å². The summed E-state index contributed by atoms with van der Waals surface area (Å²) in [7, 11) is 0. The van der Waals surface area contributed by atoms with Crippen LogP contribution in [0.4, 0.5) is 13.2 Å². The van der Waals surface area contributed by atoms with Gasteiger partial charge in [-0.1, -0.05) is 0 Å². The smallest absolute Gasteiger partial charge is 0.339 e. The molecule has 0 radical (unpaired) electrons. The van der Waals surface area contributed by atoms with Crippen LogP contribution in [0.3, 0.4) is 0 Å². The van der Waals surface area contributed by atoms with E-state index in [9.17, 15) is 18.0 Å². The van der Waals surface area contributed by atoms with Gasteiger partial charge in [-0.05, 0) is 74.2 Å². The van der Waals surface area contributed by atoms with Gasteiger partial charge in [0.15, 0.2) is 0 Å². The second-order valence-corrected chi connectivity index (χ2v) is 7.63. The minimum absolute atomic E-state index is 0. The van der Waals surface area contributed by atoms with Crippen molar-refractivity contribution in [3.05, 3.63) is 29.8 Å². The Morgan fingerprint density at radius 3 is 2.24 bits per heavy atom. The van der Waals surface area contributed by atoms with Gasteiger partial charge in [0.1, 0.15) is 0 Å². The molecule has 1 aromatic carbocycles. The Hall–Kier alpha value is -0.920. The molecule has 1 aromatic rings. The highest BCUT2D eigenvalue weighted by molar-refractivity contribution is 8.00. The Morgan fingerprint density at radius 1 is 1.12 bits per heavy atom. The standard InChI is InChI=1S/C17H21F3N2OS.ClH/c18-17(19,20)24-15-5-3-13(4-6-15)16(23)22-9-7-14(8-10-22)21-11-12-1-2-12;/h3-6,12,14,21H,1-2,7-11H2;1H. The molecule has 1 saturated heterocycles. The van der Waals surface area contributed by atoms with Gasteiger partial charge in [0.25, 0.3) is 5.91 Å². The summed E-state index contributed by atoms with van der Waals surface area (Å²) < 4.78 is 37.0. The summed E-state index contributed by atoms with van der Waals surface area (Å²) in [6.45, 7) is 2.47. The number of carbonyl (C=O) groups is 1. The lowest BCUT2D eigenvalue weighted by molar-refractivity contribution is -0.0328. The first-order chi connectivity index (χ1) is 11.4. The molecule has 0 bridgehead atoms. The highest BCUT2D eigenvalue weighted by Crippen LogP contribution is 2.36. The van der Waals surface area contributed by atoms with E-state index in [2.05, 4.69) is 5.32 Å². The Morgan fingerprint density at radius 2 is 1.72 bits per heavy atom. The van der Waals surface area contributed by atoms with Crippen LogP contribution in [0.25, 0.3) is 0 Å². The highest BCUT2D eigenvalue weighted by atomic mass is 35.5. The molecule has 1 aliphatic heterocycles. The van der Waals surface area contributed by atoms with Gasteiger partial charge in [-0.25, -0.2) is 0 Å². The monoisotopic (exact) mass is 394 g/mol. The number of likely N-dealkylation sites (tertiary alicyclic amines) is 1. The molecule has 25 heavy (non-hydrogen) atoms. The number of hydrogen-bond donors (Lipinski definition) is 1.